The number of halogens is 1. The Morgan fingerprint density at radius 2 is 1.90 bits per heavy atom. The van der Waals surface area contributed by atoms with Crippen molar-refractivity contribution in [2.45, 2.75) is 32.2 Å². The molecule has 0 saturated heterocycles. The highest BCUT2D eigenvalue weighted by molar-refractivity contribution is 6.32. The molecule has 0 spiro atoms. The third-order valence-electron chi connectivity index (χ3n) is 3.95. The van der Waals surface area contributed by atoms with Crippen LogP contribution in [0.15, 0.2) is 36.4 Å². The van der Waals surface area contributed by atoms with E-state index in [1.165, 1.54) is 36.0 Å². The summed E-state index contributed by atoms with van der Waals surface area (Å²) < 4.78 is 0. The molecule has 3 heteroatoms. The quantitative estimate of drug-likeness (QED) is 0.802. The van der Waals surface area contributed by atoms with Gasteiger partial charge in [-0.2, -0.15) is 0 Å². The van der Waals surface area contributed by atoms with E-state index in [-0.39, 0.29) is 11.8 Å². The van der Waals surface area contributed by atoms with E-state index < -0.39 is 0 Å². The van der Waals surface area contributed by atoms with Gasteiger partial charge in [0.25, 0.3) is 0 Å². The molecule has 1 aliphatic rings. The largest absolute Gasteiger partial charge is 0.506 e. The van der Waals surface area contributed by atoms with E-state index in [4.69, 9.17) is 11.6 Å². The molecule has 0 aliphatic heterocycles. The Hall–Kier alpha value is -1.67. The smallest absolute Gasteiger partial charge is 0.134 e. The van der Waals surface area contributed by atoms with Crippen LogP contribution in [-0.2, 0) is 12.8 Å². The number of phenols is 1. The Morgan fingerprint density at radius 1 is 1.10 bits per heavy atom. The maximum Gasteiger partial charge on any atom is 0.134 e. The van der Waals surface area contributed by atoms with Crippen LogP contribution in [0.1, 0.15) is 36.1 Å². The molecule has 0 bridgehead atoms. The van der Waals surface area contributed by atoms with Crippen LogP contribution in [0.2, 0.25) is 5.02 Å². The van der Waals surface area contributed by atoms with Crippen molar-refractivity contribution in [1.82, 2.24) is 0 Å². The van der Waals surface area contributed by atoms with Gasteiger partial charge in [0.15, 0.2) is 0 Å². The standard InChI is InChI=1S/C17H18ClNO/c1-11(19-15-7-8-17(20)16(18)10-15)13-6-5-12-3-2-4-14(12)9-13/h5-11,19-20H,2-4H2,1H3. The molecule has 0 heterocycles. The topological polar surface area (TPSA) is 32.3 Å². The van der Waals surface area contributed by atoms with Gasteiger partial charge >= 0.3 is 0 Å². The number of anilines is 1. The molecular weight excluding hydrogens is 270 g/mol. The molecule has 1 atom stereocenters. The van der Waals surface area contributed by atoms with E-state index in [9.17, 15) is 5.11 Å². The number of aromatic hydroxyl groups is 1. The van der Waals surface area contributed by atoms with Gasteiger partial charge in [-0.25, -0.2) is 0 Å². The van der Waals surface area contributed by atoms with Crippen LogP contribution in [-0.4, -0.2) is 5.11 Å². The third kappa shape index (κ3) is 2.61. The molecule has 20 heavy (non-hydrogen) atoms. The maximum atomic E-state index is 9.44. The lowest BCUT2D eigenvalue weighted by Gasteiger charge is -2.17. The van der Waals surface area contributed by atoms with Crippen LogP contribution >= 0.6 is 11.6 Å². The summed E-state index contributed by atoms with van der Waals surface area (Å²) in [6.07, 6.45) is 3.68. The van der Waals surface area contributed by atoms with Crippen LogP contribution in [0.25, 0.3) is 0 Å². The van der Waals surface area contributed by atoms with Crippen molar-refractivity contribution in [1.29, 1.82) is 0 Å². The van der Waals surface area contributed by atoms with Crippen LogP contribution in [0.3, 0.4) is 0 Å². The van der Waals surface area contributed by atoms with Crippen molar-refractivity contribution in [2.24, 2.45) is 0 Å². The normalized spacial score (nSPS) is 14.9. The fourth-order valence-electron chi connectivity index (χ4n) is 2.79. The fraction of sp³-hybridized carbons (Fsp3) is 0.294. The zero-order chi connectivity index (χ0) is 14.1. The van der Waals surface area contributed by atoms with E-state index in [1.54, 1.807) is 12.1 Å². The first-order chi connectivity index (χ1) is 9.63. The van der Waals surface area contributed by atoms with Gasteiger partial charge in [0, 0.05) is 11.7 Å². The molecule has 2 N–H and O–H groups in total. The average Bonchev–Trinajstić information content (AvgIpc) is 2.90. The van der Waals surface area contributed by atoms with E-state index in [1.807, 2.05) is 6.07 Å². The van der Waals surface area contributed by atoms with Crippen molar-refractivity contribution in [3.05, 3.63) is 58.1 Å². The second-order valence-electron chi connectivity index (χ2n) is 5.41. The van der Waals surface area contributed by atoms with Gasteiger partial charge in [-0.1, -0.05) is 29.8 Å². The minimum atomic E-state index is 0.113. The van der Waals surface area contributed by atoms with Crippen molar-refractivity contribution in [3.63, 3.8) is 0 Å². The lowest BCUT2D eigenvalue weighted by atomic mass is 10.0. The van der Waals surface area contributed by atoms with Gasteiger partial charge in [0.2, 0.25) is 0 Å². The Labute approximate surface area is 124 Å². The van der Waals surface area contributed by atoms with Crippen LogP contribution in [0.5, 0.6) is 5.75 Å². The maximum absolute atomic E-state index is 9.44. The van der Waals surface area contributed by atoms with Gasteiger partial charge in [-0.15, -0.1) is 0 Å². The highest BCUT2D eigenvalue weighted by atomic mass is 35.5. The lowest BCUT2D eigenvalue weighted by molar-refractivity contribution is 0.475. The van der Waals surface area contributed by atoms with E-state index >= 15 is 0 Å². The van der Waals surface area contributed by atoms with Crippen LogP contribution in [0, 0.1) is 0 Å². The SMILES string of the molecule is CC(Nc1ccc(O)c(Cl)c1)c1ccc2c(c1)CCC2. The molecule has 2 nitrogen and oxygen atoms in total. The van der Waals surface area contributed by atoms with Crippen LogP contribution < -0.4 is 5.32 Å². The Bertz CT molecular complexity index is 639. The molecule has 2 aromatic rings. The van der Waals surface area contributed by atoms with Gasteiger partial charge < -0.3 is 10.4 Å². The summed E-state index contributed by atoms with van der Waals surface area (Å²) in [4.78, 5) is 0. The van der Waals surface area contributed by atoms with Gasteiger partial charge in [0.1, 0.15) is 5.75 Å². The van der Waals surface area contributed by atoms with Crippen LogP contribution in [0.4, 0.5) is 5.69 Å². The fourth-order valence-corrected chi connectivity index (χ4v) is 2.97. The Morgan fingerprint density at radius 3 is 2.70 bits per heavy atom. The zero-order valence-corrected chi connectivity index (χ0v) is 12.2. The molecule has 1 unspecified atom stereocenters. The molecule has 0 amide bonds. The van der Waals surface area contributed by atoms with E-state index in [2.05, 4.69) is 30.4 Å². The first kappa shape index (κ1) is 13.3. The molecule has 0 saturated carbocycles. The first-order valence-electron chi connectivity index (χ1n) is 7.00. The highest BCUT2D eigenvalue weighted by Gasteiger charge is 2.13. The van der Waals surface area contributed by atoms with Crippen molar-refractivity contribution < 1.29 is 5.11 Å². The van der Waals surface area contributed by atoms with E-state index in [0.717, 1.165) is 5.69 Å². The van der Waals surface area contributed by atoms with Crippen molar-refractivity contribution in [3.8, 4) is 5.75 Å². The number of hydrogen-bond donors (Lipinski definition) is 2. The third-order valence-corrected chi connectivity index (χ3v) is 4.26. The predicted octanol–water partition coefficient (Wildman–Crippen LogP) is 4.71. The zero-order valence-electron chi connectivity index (χ0n) is 11.5. The highest BCUT2D eigenvalue weighted by Crippen LogP contribution is 2.30. The molecule has 0 radical (unpaired) electrons. The monoisotopic (exact) mass is 287 g/mol. The van der Waals surface area contributed by atoms with Crippen molar-refractivity contribution >= 4 is 17.3 Å². The summed E-state index contributed by atoms with van der Waals surface area (Å²) in [5.41, 5.74) is 5.18. The molecule has 3 rings (SSSR count). The molecule has 0 aromatic heterocycles. The summed E-state index contributed by atoms with van der Waals surface area (Å²) >= 11 is 5.93. The molecule has 2 aromatic carbocycles. The lowest BCUT2D eigenvalue weighted by Crippen LogP contribution is -2.07. The number of fused-ring (bicyclic) bond motifs is 1. The van der Waals surface area contributed by atoms with E-state index in [0.29, 0.717) is 5.02 Å². The minimum absolute atomic E-state index is 0.113. The molecule has 1 aliphatic carbocycles. The summed E-state index contributed by atoms with van der Waals surface area (Å²) in [5, 5.41) is 13.2. The average molecular weight is 288 g/mol. The second-order valence-corrected chi connectivity index (χ2v) is 5.82. The summed E-state index contributed by atoms with van der Waals surface area (Å²) in [6, 6.07) is 12.2. The summed E-state index contributed by atoms with van der Waals surface area (Å²) in [5.74, 6) is 0.113. The first-order valence-corrected chi connectivity index (χ1v) is 7.38. The molecule has 104 valence electrons. The summed E-state index contributed by atoms with van der Waals surface area (Å²) in [7, 11) is 0. The number of nitrogens with one attached hydrogen (secondary N) is 1. The number of rotatable bonds is 3. The summed E-state index contributed by atoms with van der Waals surface area (Å²) in [6.45, 7) is 2.14. The molecular formula is C17H18ClNO. The number of hydrogen-bond acceptors (Lipinski definition) is 2. The number of aryl methyl sites for hydroxylation is 2. The van der Waals surface area contributed by atoms with Gasteiger partial charge in [-0.3, -0.25) is 0 Å². The second kappa shape index (κ2) is 5.37. The van der Waals surface area contributed by atoms with Gasteiger partial charge in [0.05, 0.1) is 5.02 Å². The van der Waals surface area contributed by atoms with Gasteiger partial charge in [-0.05, 0) is 61.1 Å². The number of phenolic OH excluding ortho intramolecular Hbond substituents is 1. The Balaban J connectivity index is 1.78. The molecule has 0 fully saturated rings. The Kier molecular flexibility index (Phi) is 3.58. The van der Waals surface area contributed by atoms with Crippen molar-refractivity contribution in [2.75, 3.05) is 5.32 Å². The number of benzene rings is 2. The minimum Gasteiger partial charge on any atom is -0.506 e. The predicted molar refractivity (Wildman–Crippen MR) is 83.6 cm³/mol.